The SMILES string of the molecule is CC1OC(c2c(Cl)cccc2Cl)=NC1CN1CCC(C(=O)NCCCN2C[C@H](C)C[C@H](C)C2)CC1. The van der Waals surface area contributed by atoms with Gasteiger partial charge in [-0.2, -0.15) is 0 Å². The van der Waals surface area contributed by atoms with Gasteiger partial charge in [-0.05, 0) is 76.2 Å². The van der Waals surface area contributed by atoms with E-state index < -0.39 is 0 Å². The topological polar surface area (TPSA) is 57.2 Å². The monoisotopic (exact) mass is 522 g/mol. The maximum absolute atomic E-state index is 12.7. The largest absolute Gasteiger partial charge is 0.472 e. The summed E-state index contributed by atoms with van der Waals surface area (Å²) in [6.45, 7) is 13.6. The average Bonchev–Trinajstić information content (AvgIpc) is 3.16. The molecule has 4 atom stereocenters. The fourth-order valence-electron chi connectivity index (χ4n) is 5.83. The molecule has 2 unspecified atom stereocenters. The van der Waals surface area contributed by atoms with E-state index >= 15 is 0 Å². The number of aliphatic imine (C=N–C) groups is 1. The van der Waals surface area contributed by atoms with Gasteiger partial charge in [-0.15, -0.1) is 0 Å². The van der Waals surface area contributed by atoms with Gasteiger partial charge in [0.15, 0.2) is 0 Å². The number of nitrogens with zero attached hydrogens (tertiary/aromatic N) is 3. The molecule has 3 aliphatic heterocycles. The van der Waals surface area contributed by atoms with Crippen molar-refractivity contribution in [2.75, 3.05) is 45.8 Å². The molecule has 8 heteroatoms. The zero-order valence-electron chi connectivity index (χ0n) is 21.3. The van der Waals surface area contributed by atoms with Gasteiger partial charge < -0.3 is 19.9 Å². The quantitative estimate of drug-likeness (QED) is 0.501. The number of amides is 1. The van der Waals surface area contributed by atoms with Crippen molar-refractivity contribution in [2.45, 2.75) is 58.6 Å². The van der Waals surface area contributed by atoms with Gasteiger partial charge in [-0.3, -0.25) is 4.79 Å². The lowest BCUT2D eigenvalue weighted by Crippen LogP contribution is -2.44. The van der Waals surface area contributed by atoms with Crippen LogP contribution in [0.2, 0.25) is 10.0 Å². The summed E-state index contributed by atoms with van der Waals surface area (Å²) in [5.74, 6) is 2.42. The van der Waals surface area contributed by atoms with Crippen molar-refractivity contribution in [3.05, 3.63) is 33.8 Å². The third-order valence-electron chi connectivity index (χ3n) is 7.60. The Hall–Kier alpha value is -1.34. The summed E-state index contributed by atoms with van der Waals surface area (Å²) >= 11 is 12.7. The standard InChI is InChI=1S/C27H40Cl2N4O2/c1-18-14-19(2)16-33(15-18)11-5-10-30-26(34)21-8-12-32(13-9-21)17-24-20(3)35-27(31-24)25-22(28)6-4-7-23(25)29/h4,6-7,18-21,24H,5,8-17H2,1-3H3,(H,30,34)/t18-,19+,20?,24?. The highest BCUT2D eigenvalue weighted by Gasteiger charge is 2.33. The zero-order valence-corrected chi connectivity index (χ0v) is 22.8. The van der Waals surface area contributed by atoms with Crippen LogP contribution in [0.15, 0.2) is 23.2 Å². The molecule has 0 spiro atoms. The number of hydrogen-bond acceptors (Lipinski definition) is 5. The van der Waals surface area contributed by atoms with Gasteiger partial charge in [0.1, 0.15) is 12.1 Å². The van der Waals surface area contributed by atoms with Gasteiger partial charge in [0.05, 0.1) is 15.6 Å². The predicted molar refractivity (Wildman–Crippen MR) is 144 cm³/mol. The first-order valence-electron chi connectivity index (χ1n) is 13.2. The van der Waals surface area contributed by atoms with E-state index in [1.54, 1.807) is 12.1 Å². The third kappa shape index (κ3) is 7.12. The van der Waals surface area contributed by atoms with E-state index in [0.29, 0.717) is 21.5 Å². The van der Waals surface area contributed by atoms with Crippen LogP contribution < -0.4 is 5.32 Å². The van der Waals surface area contributed by atoms with Crippen LogP contribution in [-0.4, -0.2) is 79.6 Å². The van der Waals surface area contributed by atoms with Crippen molar-refractivity contribution in [2.24, 2.45) is 22.7 Å². The van der Waals surface area contributed by atoms with E-state index in [-0.39, 0.29) is 24.0 Å². The van der Waals surface area contributed by atoms with Gasteiger partial charge in [0, 0.05) is 32.1 Å². The molecule has 1 amide bonds. The third-order valence-corrected chi connectivity index (χ3v) is 8.23. The van der Waals surface area contributed by atoms with Crippen LogP contribution in [0.3, 0.4) is 0 Å². The Morgan fingerprint density at radius 3 is 2.40 bits per heavy atom. The van der Waals surface area contributed by atoms with E-state index in [9.17, 15) is 4.79 Å². The van der Waals surface area contributed by atoms with Crippen molar-refractivity contribution in [3.63, 3.8) is 0 Å². The summed E-state index contributed by atoms with van der Waals surface area (Å²) in [6.07, 6.45) is 4.11. The minimum Gasteiger partial charge on any atom is -0.472 e. The van der Waals surface area contributed by atoms with Crippen LogP contribution in [0.1, 0.15) is 52.0 Å². The molecule has 6 nitrogen and oxygen atoms in total. The number of piperidine rings is 2. The fraction of sp³-hybridized carbons (Fsp3) is 0.704. The Balaban J connectivity index is 1.18. The number of benzene rings is 1. The lowest BCUT2D eigenvalue weighted by Gasteiger charge is -2.35. The summed E-state index contributed by atoms with van der Waals surface area (Å²) in [4.78, 5) is 22.5. The highest BCUT2D eigenvalue weighted by Crippen LogP contribution is 2.30. The van der Waals surface area contributed by atoms with Gasteiger partial charge in [0.2, 0.25) is 11.8 Å². The van der Waals surface area contributed by atoms with Crippen LogP contribution >= 0.6 is 23.2 Å². The first kappa shape index (κ1) is 26.7. The molecule has 1 N–H and O–H groups in total. The molecular weight excluding hydrogens is 483 g/mol. The summed E-state index contributed by atoms with van der Waals surface area (Å²) in [5.41, 5.74) is 0.671. The second kappa shape index (κ2) is 12.3. The van der Waals surface area contributed by atoms with Gasteiger partial charge in [0.25, 0.3) is 0 Å². The highest BCUT2D eigenvalue weighted by molar-refractivity contribution is 6.39. The lowest BCUT2D eigenvalue weighted by molar-refractivity contribution is -0.126. The van der Waals surface area contributed by atoms with E-state index in [4.69, 9.17) is 32.9 Å². The van der Waals surface area contributed by atoms with Crippen LogP contribution in [-0.2, 0) is 9.53 Å². The summed E-state index contributed by atoms with van der Waals surface area (Å²) in [7, 11) is 0. The van der Waals surface area contributed by atoms with Crippen molar-refractivity contribution >= 4 is 35.0 Å². The molecule has 3 aliphatic rings. The molecule has 1 aromatic rings. The Morgan fingerprint density at radius 1 is 1.09 bits per heavy atom. The normalized spacial score (nSPS) is 28.5. The highest BCUT2D eigenvalue weighted by atomic mass is 35.5. The average molecular weight is 524 g/mol. The van der Waals surface area contributed by atoms with Crippen LogP contribution in [0.25, 0.3) is 0 Å². The van der Waals surface area contributed by atoms with E-state index in [2.05, 4.69) is 29.0 Å². The molecular formula is C27H40Cl2N4O2. The molecule has 0 aromatic heterocycles. The smallest absolute Gasteiger partial charge is 0.223 e. The maximum Gasteiger partial charge on any atom is 0.223 e. The number of carbonyl (C=O) groups is 1. The number of halogens is 2. The van der Waals surface area contributed by atoms with Gasteiger partial charge in [-0.25, -0.2) is 4.99 Å². The molecule has 0 saturated carbocycles. The minimum atomic E-state index is -0.0377. The van der Waals surface area contributed by atoms with E-state index in [0.717, 1.165) is 63.8 Å². The Labute approximate surface area is 220 Å². The van der Waals surface area contributed by atoms with Gasteiger partial charge >= 0.3 is 0 Å². The first-order chi connectivity index (χ1) is 16.8. The molecule has 2 fully saturated rings. The molecule has 4 rings (SSSR count). The molecule has 2 saturated heterocycles. The summed E-state index contributed by atoms with van der Waals surface area (Å²) in [6, 6.07) is 5.46. The van der Waals surface area contributed by atoms with Crippen LogP contribution in [0.4, 0.5) is 0 Å². The van der Waals surface area contributed by atoms with Crippen molar-refractivity contribution in [1.29, 1.82) is 0 Å². The van der Waals surface area contributed by atoms with Crippen LogP contribution in [0.5, 0.6) is 0 Å². The molecule has 0 aliphatic carbocycles. The Morgan fingerprint density at radius 2 is 1.74 bits per heavy atom. The first-order valence-corrected chi connectivity index (χ1v) is 14.0. The molecule has 35 heavy (non-hydrogen) atoms. The van der Waals surface area contributed by atoms with Gasteiger partial charge in [-0.1, -0.05) is 43.1 Å². The number of hydrogen-bond donors (Lipinski definition) is 1. The molecule has 3 heterocycles. The predicted octanol–water partition coefficient (Wildman–Crippen LogP) is 4.72. The molecule has 0 bridgehead atoms. The summed E-state index contributed by atoms with van der Waals surface area (Å²) in [5, 5.41) is 4.30. The number of likely N-dealkylation sites (tertiary alicyclic amines) is 2. The number of carbonyl (C=O) groups excluding carboxylic acids is 1. The maximum atomic E-state index is 12.7. The second-order valence-corrected chi connectivity index (χ2v) is 11.7. The number of nitrogens with one attached hydrogen (secondary N) is 1. The number of rotatable bonds is 8. The Kier molecular flexibility index (Phi) is 9.36. The number of ether oxygens (including phenoxy) is 1. The van der Waals surface area contributed by atoms with Crippen LogP contribution in [0, 0.1) is 17.8 Å². The van der Waals surface area contributed by atoms with E-state index in [1.165, 1.54) is 19.5 Å². The van der Waals surface area contributed by atoms with E-state index in [1.807, 2.05) is 13.0 Å². The minimum absolute atomic E-state index is 0.0305. The molecule has 194 valence electrons. The fourth-order valence-corrected chi connectivity index (χ4v) is 6.39. The second-order valence-electron chi connectivity index (χ2n) is 10.8. The Bertz CT molecular complexity index is 873. The molecule has 0 radical (unpaired) electrons. The van der Waals surface area contributed by atoms with Crippen molar-refractivity contribution in [3.8, 4) is 0 Å². The zero-order chi connectivity index (χ0) is 24.9. The molecule has 1 aromatic carbocycles. The van der Waals surface area contributed by atoms with Crippen molar-refractivity contribution < 1.29 is 9.53 Å². The van der Waals surface area contributed by atoms with Crippen molar-refractivity contribution in [1.82, 2.24) is 15.1 Å². The summed E-state index contributed by atoms with van der Waals surface area (Å²) < 4.78 is 6.02. The lowest BCUT2D eigenvalue weighted by atomic mass is 9.92.